The summed E-state index contributed by atoms with van der Waals surface area (Å²) in [6.07, 6.45) is 13.7. The fourth-order valence-electron chi connectivity index (χ4n) is 2.94. The summed E-state index contributed by atoms with van der Waals surface area (Å²) in [5, 5.41) is 3.30. The van der Waals surface area contributed by atoms with Gasteiger partial charge in [0.05, 0.1) is 29.9 Å². The fraction of sp³-hybridized carbons (Fsp3) is 0.115. The van der Waals surface area contributed by atoms with E-state index in [0.717, 1.165) is 27.7 Å². The van der Waals surface area contributed by atoms with E-state index in [1.165, 1.54) is 11.8 Å². The first-order valence-electron chi connectivity index (χ1n) is 12.0. The van der Waals surface area contributed by atoms with Crippen LogP contribution in [0.25, 0.3) is 22.5 Å². The molecular weight excluding hydrogens is 683 g/mol. The first kappa shape index (κ1) is 34.6. The Kier molecular flexibility index (Phi) is 16.7. The normalized spacial score (nSPS) is 9.67. The number of hydrogen-bond donors (Lipinski definition) is 5. The molecule has 16 heteroatoms. The number of ketones is 1. The van der Waals surface area contributed by atoms with Gasteiger partial charge in [0.2, 0.25) is 5.91 Å². The van der Waals surface area contributed by atoms with Crippen LogP contribution in [0.4, 0.5) is 0 Å². The van der Waals surface area contributed by atoms with Crippen molar-refractivity contribution in [3.63, 3.8) is 0 Å². The maximum atomic E-state index is 11.1. The molecule has 11 nitrogen and oxygen atoms in total. The van der Waals surface area contributed by atoms with E-state index in [-0.39, 0.29) is 18.2 Å². The molecule has 5 aromatic heterocycles. The molecule has 5 rings (SSSR count). The number of carbonyl (C=O) groups is 2. The molecule has 0 saturated carbocycles. The van der Waals surface area contributed by atoms with Crippen molar-refractivity contribution in [3.05, 3.63) is 96.3 Å². The standard InChI is InChI=1S/C11H12N4OS.C8H7N3S.C7H8N2O.B2I/c1-12-10(16)7-17-11-14-6-9(15-11)8-2-4-13-5-3-8;12-8-10-5-7(11-8)6-1-3-9-4-2-6;8-5-7(10)6-1-3-9-4-2-6;1-3-2/h2-6H,7H2,1H3,(H,12,16)(H,14,15);1-5H,(H2,10,11,12);1-4H,5,8H2;/q;;;-1. The van der Waals surface area contributed by atoms with Crippen LogP contribution in [0, 0.1) is 4.77 Å². The molecule has 1 amide bonds. The zero-order chi connectivity index (χ0) is 30.6. The number of H-pyrrole nitrogens is 3. The van der Waals surface area contributed by atoms with Gasteiger partial charge in [0.25, 0.3) is 0 Å². The molecular formula is C26H27B2IN9O2S2-. The van der Waals surface area contributed by atoms with Crippen molar-refractivity contribution in [2.45, 2.75) is 5.16 Å². The number of Topliss-reactive ketones (excluding diaryl/α,β-unsaturated/α-hetero) is 1. The van der Waals surface area contributed by atoms with Crippen molar-refractivity contribution in [2.75, 3.05) is 19.3 Å². The summed E-state index contributed by atoms with van der Waals surface area (Å²) >= 11 is 5.87. The number of aromatic nitrogens is 7. The topological polar surface area (TPSA) is 171 Å². The third-order valence-electron chi connectivity index (χ3n) is 4.94. The second kappa shape index (κ2) is 20.3. The van der Waals surface area contributed by atoms with Crippen LogP contribution in [0.3, 0.4) is 0 Å². The number of carbonyl (C=O) groups excluding carboxylic acids is 2. The van der Waals surface area contributed by atoms with Gasteiger partial charge in [0.1, 0.15) is 0 Å². The first-order chi connectivity index (χ1) is 20.4. The van der Waals surface area contributed by atoms with Crippen LogP contribution in [0.1, 0.15) is 10.4 Å². The minimum atomic E-state index is -0.410. The van der Waals surface area contributed by atoms with Crippen molar-refractivity contribution < 1.29 is 30.4 Å². The quantitative estimate of drug-likeness (QED) is 0.0510. The number of amides is 1. The molecule has 0 aliphatic heterocycles. The Morgan fingerprint density at radius 3 is 1.93 bits per heavy atom. The Morgan fingerprint density at radius 1 is 0.929 bits per heavy atom. The molecule has 0 aliphatic rings. The predicted molar refractivity (Wildman–Crippen MR) is 165 cm³/mol. The molecule has 0 aromatic carbocycles. The number of hydrogen-bond acceptors (Lipinski definition) is 9. The molecule has 5 heterocycles. The van der Waals surface area contributed by atoms with E-state index in [4.69, 9.17) is 29.4 Å². The number of halogens is 1. The number of imidazole rings is 2. The number of nitrogens with one attached hydrogen (secondary N) is 4. The van der Waals surface area contributed by atoms with Gasteiger partial charge in [-0.25, -0.2) is 4.98 Å². The van der Waals surface area contributed by atoms with E-state index in [1.807, 2.05) is 30.5 Å². The second-order valence-corrected chi connectivity index (χ2v) is 9.77. The SMILES string of the molecule is CNC(=O)CSc1ncc(-c2ccncc2)[nH]1.NCC(=O)c1ccncc1.S=c1[nH]cc(-c2ccncc2)[nH]1.[B][I-][B]. The summed E-state index contributed by atoms with van der Waals surface area (Å²) < 4.78 is 0.641. The number of thioether (sulfide) groups is 1. The minimum absolute atomic E-state index is 0.0168. The van der Waals surface area contributed by atoms with Crippen LogP contribution in [-0.2, 0) is 4.79 Å². The molecule has 5 aromatic rings. The van der Waals surface area contributed by atoms with Gasteiger partial charge in [0.15, 0.2) is 15.7 Å². The van der Waals surface area contributed by atoms with Crippen LogP contribution in [0.15, 0.2) is 91.1 Å². The fourth-order valence-corrected chi connectivity index (χ4v) is 3.83. The third kappa shape index (κ3) is 12.9. The maximum absolute atomic E-state index is 11.1. The molecule has 0 atom stereocenters. The summed E-state index contributed by atoms with van der Waals surface area (Å²) in [7, 11) is 1.62. The number of pyridine rings is 3. The van der Waals surface area contributed by atoms with Crippen LogP contribution < -0.4 is 31.8 Å². The molecule has 0 aliphatic carbocycles. The number of nitrogens with zero attached hydrogens (tertiary/aromatic N) is 4. The van der Waals surface area contributed by atoms with Crippen LogP contribution in [0.5, 0.6) is 0 Å². The monoisotopic (exact) mass is 710 g/mol. The molecule has 0 unspecified atom stereocenters. The van der Waals surface area contributed by atoms with Crippen molar-refractivity contribution >= 4 is 47.1 Å². The Bertz CT molecular complexity index is 1520. The summed E-state index contributed by atoms with van der Waals surface area (Å²) in [5.41, 5.74) is 19.2. The van der Waals surface area contributed by atoms with E-state index in [0.29, 0.717) is 16.1 Å². The number of nitrogens with two attached hydrogens (primary N) is 1. The van der Waals surface area contributed by atoms with E-state index in [1.54, 1.807) is 62.6 Å². The Labute approximate surface area is 265 Å². The van der Waals surface area contributed by atoms with Crippen LogP contribution in [0.2, 0.25) is 0 Å². The van der Waals surface area contributed by atoms with Crippen LogP contribution >= 0.6 is 24.0 Å². The van der Waals surface area contributed by atoms with Crippen molar-refractivity contribution in [2.24, 2.45) is 5.73 Å². The first-order valence-corrected chi connectivity index (χ1v) is 15.9. The van der Waals surface area contributed by atoms with E-state index < -0.39 is 20.8 Å². The van der Waals surface area contributed by atoms with Crippen molar-refractivity contribution in [1.29, 1.82) is 0 Å². The van der Waals surface area contributed by atoms with Gasteiger partial charge in [-0.1, -0.05) is 11.8 Å². The Morgan fingerprint density at radius 2 is 1.45 bits per heavy atom. The van der Waals surface area contributed by atoms with Crippen molar-refractivity contribution in [3.8, 4) is 22.5 Å². The van der Waals surface area contributed by atoms with E-state index in [2.05, 4.69) is 40.2 Å². The van der Waals surface area contributed by atoms with Crippen LogP contribution in [-0.4, -0.2) is 77.3 Å². The van der Waals surface area contributed by atoms with Gasteiger partial charge in [-0.15, -0.1) is 0 Å². The summed E-state index contributed by atoms with van der Waals surface area (Å²) in [5.74, 6) is 0.291. The average Bonchev–Trinajstić information content (AvgIpc) is 3.71. The van der Waals surface area contributed by atoms with Crippen molar-refractivity contribution in [1.82, 2.24) is 40.2 Å². The van der Waals surface area contributed by atoms with E-state index >= 15 is 0 Å². The zero-order valence-corrected chi connectivity index (χ0v) is 26.3. The van der Waals surface area contributed by atoms with Gasteiger partial charge in [-0.2, -0.15) is 0 Å². The van der Waals surface area contributed by atoms with Gasteiger partial charge in [0, 0.05) is 67.1 Å². The predicted octanol–water partition coefficient (Wildman–Crippen LogP) is -0.0905. The van der Waals surface area contributed by atoms with Gasteiger partial charge in [-0.3, -0.25) is 24.5 Å². The molecule has 0 fully saturated rings. The molecule has 0 spiro atoms. The summed E-state index contributed by atoms with van der Waals surface area (Å²) in [6, 6.07) is 11.0. The summed E-state index contributed by atoms with van der Waals surface area (Å²) in [4.78, 5) is 46.9. The molecule has 0 saturated heterocycles. The number of rotatable bonds is 7. The molecule has 214 valence electrons. The van der Waals surface area contributed by atoms with Gasteiger partial charge < -0.3 is 26.0 Å². The van der Waals surface area contributed by atoms with Gasteiger partial charge in [-0.05, 0) is 48.6 Å². The average molecular weight is 710 g/mol. The molecule has 4 radical (unpaired) electrons. The molecule has 6 N–H and O–H groups in total. The molecule has 42 heavy (non-hydrogen) atoms. The second-order valence-electron chi connectivity index (χ2n) is 7.68. The Hall–Kier alpha value is -3.60. The molecule has 0 bridgehead atoms. The summed E-state index contributed by atoms with van der Waals surface area (Å²) in [6.45, 7) is 0.0595. The Balaban J connectivity index is 0.000000217. The zero-order valence-electron chi connectivity index (χ0n) is 22.5. The number of aromatic amines is 3. The van der Waals surface area contributed by atoms with E-state index in [9.17, 15) is 9.59 Å². The van der Waals surface area contributed by atoms with Gasteiger partial charge >= 0.3 is 32.2 Å². The third-order valence-corrected chi connectivity index (χ3v) is 6.04.